The van der Waals surface area contributed by atoms with Crippen molar-refractivity contribution in [2.24, 2.45) is 7.05 Å². The van der Waals surface area contributed by atoms with Crippen LogP contribution >= 0.6 is 11.6 Å². The van der Waals surface area contributed by atoms with Gasteiger partial charge in [0.2, 0.25) is 10.0 Å². The second-order valence-electron chi connectivity index (χ2n) is 4.80. The molecule has 1 aliphatic rings. The minimum atomic E-state index is -3.57. The molecule has 1 aromatic rings. The molecule has 1 N–H and O–H groups in total. The van der Waals surface area contributed by atoms with Gasteiger partial charge in [-0.3, -0.25) is 4.68 Å². The molecule has 0 unspecified atom stereocenters. The summed E-state index contributed by atoms with van der Waals surface area (Å²) in [5, 5.41) is 7.29. The van der Waals surface area contributed by atoms with Crippen LogP contribution in [0.5, 0.6) is 0 Å². The van der Waals surface area contributed by atoms with Crippen molar-refractivity contribution in [3.63, 3.8) is 0 Å². The van der Waals surface area contributed by atoms with Gasteiger partial charge in [0.05, 0.1) is 5.69 Å². The van der Waals surface area contributed by atoms with Crippen LogP contribution in [0.2, 0.25) is 5.15 Å². The summed E-state index contributed by atoms with van der Waals surface area (Å²) in [5.41, 5.74) is 0.447. The summed E-state index contributed by atoms with van der Waals surface area (Å²) in [4.78, 5) is 0.139. The molecule has 0 aromatic carbocycles. The third kappa shape index (κ3) is 2.52. The molecule has 2 heterocycles. The third-order valence-corrected chi connectivity index (χ3v) is 6.08. The number of aromatic nitrogens is 2. The first-order valence-electron chi connectivity index (χ1n) is 6.25. The number of halogens is 1. The lowest BCUT2D eigenvalue weighted by molar-refractivity contribution is 0.379. The first-order chi connectivity index (χ1) is 8.89. The summed E-state index contributed by atoms with van der Waals surface area (Å²) >= 11 is 6.08. The van der Waals surface area contributed by atoms with Crippen molar-refractivity contribution in [1.82, 2.24) is 19.4 Å². The van der Waals surface area contributed by atoms with Crippen LogP contribution in [-0.2, 0) is 17.1 Å². The van der Waals surface area contributed by atoms with Gasteiger partial charge in [0.1, 0.15) is 10.0 Å². The van der Waals surface area contributed by atoms with Crippen LogP contribution in [0.25, 0.3) is 0 Å². The highest BCUT2D eigenvalue weighted by molar-refractivity contribution is 7.89. The molecule has 0 spiro atoms. The van der Waals surface area contributed by atoms with Gasteiger partial charge in [-0.2, -0.15) is 9.40 Å². The number of nitrogens with one attached hydrogen (secondary N) is 1. The second kappa shape index (κ2) is 5.40. The number of hydrogen-bond acceptors (Lipinski definition) is 4. The van der Waals surface area contributed by atoms with Crippen LogP contribution in [-0.4, -0.2) is 48.7 Å². The Balaban J connectivity index is 2.42. The molecular weight excluding hydrogens is 288 g/mol. The van der Waals surface area contributed by atoms with E-state index in [1.807, 2.05) is 7.05 Å². The molecule has 1 aromatic heterocycles. The van der Waals surface area contributed by atoms with Crippen LogP contribution in [0.4, 0.5) is 0 Å². The lowest BCUT2D eigenvalue weighted by Gasteiger charge is -2.23. The Morgan fingerprint density at radius 2 is 2.21 bits per heavy atom. The van der Waals surface area contributed by atoms with E-state index in [1.54, 1.807) is 18.3 Å². The molecule has 1 aliphatic heterocycles. The molecule has 2 rings (SSSR count). The molecule has 8 heteroatoms. The quantitative estimate of drug-likeness (QED) is 0.891. The van der Waals surface area contributed by atoms with Crippen molar-refractivity contribution in [3.8, 4) is 0 Å². The van der Waals surface area contributed by atoms with Gasteiger partial charge in [0.25, 0.3) is 0 Å². The molecule has 1 saturated heterocycles. The Kier molecular flexibility index (Phi) is 4.20. The Morgan fingerprint density at radius 3 is 2.74 bits per heavy atom. The number of likely N-dealkylation sites (N-methyl/N-ethyl adjacent to an activating group) is 1. The van der Waals surface area contributed by atoms with E-state index in [0.717, 1.165) is 12.8 Å². The summed E-state index contributed by atoms with van der Waals surface area (Å²) in [6.07, 6.45) is 1.75. The molecule has 0 bridgehead atoms. The van der Waals surface area contributed by atoms with Gasteiger partial charge in [-0.05, 0) is 26.8 Å². The van der Waals surface area contributed by atoms with E-state index in [4.69, 9.17) is 11.6 Å². The molecule has 0 aliphatic carbocycles. The van der Waals surface area contributed by atoms with Crippen LogP contribution < -0.4 is 5.32 Å². The monoisotopic (exact) mass is 306 g/mol. The highest BCUT2D eigenvalue weighted by Crippen LogP contribution is 2.31. The summed E-state index contributed by atoms with van der Waals surface area (Å²) < 4.78 is 28.4. The topological polar surface area (TPSA) is 67.2 Å². The van der Waals surface area contributed by atoms with Gasteiger partial charge < -0.3 is 5.32 Å². The zero-order chi connectivity index (χ0) is 14.2. The molecule has 0 radical (unpaired) electrons. The van der Waals surface area contributed by atoms with Crippen molar-refractivity contribution in [2.75, 3.05) is 20.1 Å². The number of rotatable bonds is 4. The lowest BCUT2D eigenvalue weighted by Crippen LogP contribution is -2.41. The van der Waals surface area contributed by atoms with Gasteiger partial charge >= 0.3 is 0 Å². The highest BCUT2D eigenvalue weighted by Gasteiger charge is 2.38. The van der Waals surface area contributed by atoms with Crippen molar-refractivity contribution >= 4 is 21.6 Å². The van der Waals surface area contributed by atoms with Gasteiger partial charge in [-0.25, -0.2) is 8.42 Å². The summed E-state index contributed by atoms with van der Waals surface area (Å²) in [5.74, 6) is 0. The van der Waals surface area contributed by atoms with Crippen LogP contribution in [0, 0.1) is 6.92 Å². The van der Waals surface area contributed by atoms with E-state index in [0.29, 0.717) is 18.8 Å². The van der Waals surface area contributed by atoms with Gasteiger partial charge in [0.15, 0.2) is 0 Å². The first-order valence-corrected chi connectivity index (χ1v) is 8.07. The zero-order valence-electron chi connectivity index (χ0n) is 11.4. The number of aryl methyl sites for hydroxylation is 2. The standard InChI is InChI=1S/C11H19ClN4O2S/c1-8-10(11(12)15(3)14-8)19(17,18)16-6-4-5-9(16)7-13-2/h9,13H,4-7H2,1-3H3/t9-/m1/s1. The van der Waals surface area contributed by atoms with Crippen molar-refractivity contribution < 1.29 is 8.42 Å². The summed E-state index contributed by atoms with van der Waals surface area (Å²) in [7, 11) is -0.105. The van der Waals surface area contributed by atoms with E-state index in [-0.39, 0.29) is 16.1 Å². The largest absolute Gasteiger partial charge is 0.318 e. The van der Waals surface area contributed by atoms with E-state index in [2.05, 4.69) is 10.4 Å². The van der Waals surface area contributed by atoms with Crippen molar-refractivity contribution in [1.29, 1.82) is 0 Å². The van der Waals surface area contributed by atoms with Gasteiger partial charge in [-0.1, -0.05) is 11.6 Å². The normalized spacial score (nSPS) is 21.2. The fourth-order valence-corrected chi connectivity index (χ4v) is 4.99. The fourth-order valence-electron chi connectivity index (χ4n) is 2.59. The zero-order valence-corrected chi connectivity index (χ0v) is 12.9. The Bertz CT molecular complexity index is 569. The fraction of sp³-hybridized carbons (Fsp3) is 0.727. The molecule has 108 valence electrons. The second-order valence-corrected chi connectivity index (χ2v) is 6.98. The molecule has 1 fully saturated rings. The number of nitrogens with zero attached hydrogens (tertiary/aromatic N) is 3. The molecule has 19 heavy (non-hydrogen) atoms. The minimum Gasteiger partial charge on any atom is -0.318 e. The predicted octanol–water partition coefficient (Wildman–Crippen LogP) is 0.754. The Labute approximate surface area is 118 Å². The summed E-state index contributed by atoms with van der Waals surface area (Å²) in [6, 6.07) is -0.00864. The average Bonchev–Trinajstić information content (AvgIpc) is 2.86. The first kappa shape index (κ1) is 14.8. The van der Waals surface area contributed by atoms with Crippen LogP contribution in [0.15, 0.2) is 4.90 Å². The smallest absolute Gasteiger partial charge is 0.248 e. The SMILES string of the molecule is CNC[C@H]1CCCN1S(=O)(=O)c1c(C)nn(C)c1Cl. The lowest BCUT2D eigenvalue weighted by atomic mass is 10.2. The molecular formula is C11H19ClN4O2S. The highest BCUT2D eigenvalue weighted by atomic mass is 35.5. The average molecular weight is 307 g/mol. The van der Waals surface area contributed by atoms with E-state index >= 15 is 0 Å². The Morgan fingerprint density at radius 1 is 1.53 bits per heavy atom. The van der Waals surface area contributed by atoms with Crippen LogP contribution in [0.3, 0.4) is 0 Å². The van der Waals surface area contributed by atoms with Gasteiger partial charge in [0, 0.05) is 26.2 Å². The van der Waals surface area contributed by atoms with Crippen LogP contribution in [0.1, 0.15) is 18.5 Å². The van der Waals surface area contributed by atoms with E-state index < -0.39 is 10.0 Å². The maximum absolute atomic E-state index is 12.7. The number of sulfonamides is 1. The van der Waals surface area contributed by atoms with Gasteiger partial charge in [-0.15, -0.1) is 0 Å². The molecule has 6 nitrogen and oxygen atoms in total. The summed E-state index contributed by atoms with van der Waals surface area (Å²) in [6.45, 7) is 2.86. The van der Waals surface area contributed by atoms with E-state index in [9.17, 15) is 8.42 Å². The minimum absolute atomic E-state index is 0.00864. The maximum Gasteiger partial charge on any atom is 0.248 e. The van der Waals surface area contributed by atoms with Crippen molar-refractivity contribution in [3.05, 3.63) is 10.8 Å². The molecule has 1 atom stereocenters. The number of hydrogen-bond donors (Lipinski definition) is 1. The maximum atomic E-state index is 12.7. The Hall–Kier alpha value is -0.630. The molecule has 0 saturated carbocycles. The van der Waals surface area contributed by atoms with Crippen molar-refractivity contribution in [2.45, 2.75) is 30.7 Å². The third-order valence-electron chi connectivity index (χ3n) is 3.43. The van der Waals surface area contributed by atoms with E-state index in [1.165, 1.54) is 4.68 Å². The molecule has 0 amide bonds. The predicted molar refractivity (Wildman–Crippen MR) is 73.8 cm³/mol.